The van der Waals surface area contributed by atoms with E-state index in [1.807, 2.05) is 6.08 Å². The lowest BCUT2D eigenvalue weighted by atomic mass is 10.2. The molecule has 0 aliphatic carbocycles. The van der Waals surface area contributed by atoms with Gasteiger partial charge in [0, 0.05) is 0 Å². The fourth-order valence-corrected chi connectivity index (χ4v) is 1.04. The van der Waals surface area contributed by atoms with Gasteiger partial charge in [0.1, 0.15) is 0 Å². The van der Waals surface area contributed by atoms with Gasteiger partial charge >= 0.3 is 0 Å². The highest BCUT2D eigenvalue weighted by Gasteiger charge is 1.74. The van der Waals surface area contributed by atoms with E-state index in [1.165, 1.54) is 19.3 Å². The van der Waals surface area contributed by atoms with E-state index in [9.17, 15) is 0 Å². The van der Waals surface area contributed by atoms with E-state index in [0.29, 0.717) is 0 Å². The summed E-state index contributed by atoms with van der Waals surface area (Å²) in [5, 5.41) is 0. The van der Waals surface area contributed by atoms with Crippen LogP contribution >= 0.6 is 0 Å². The highest BCUT2D eigenvalue weighted by atomic mass is 13.8. The lowest BCUT2D eigenvalue weighted by Crippen LogP contribution is -1.64. The van der Waals surface area contributed by atoms with Crippen molar-refractivity contribution in [1.82, 2.24) is 0 Å². The molecule has 0 heterocycles. The molecule has 0 saturated heterocycles. The van der Waals surface area contributed by atoms with Gasteiger partial charge in [-0.25, -0.2) is 0 Å². The van der Waals surface area contributed by atoms with E-state index in [1.54, 1.807) is 6.08 Å². The van der Waals surface area contributed by atoms with Crippen molar-refractivity contribution in [1.29, 1.82) is 0 Å². The molecular weight excluding hydrogens is 180 g/mol. The van der Waals surface area contributed by atoms with Crippen molar-refractivity contribution in [2.24, 2.45) is 0 Å². The summed E-state index contributed by atoms with van der Waals surface area (Å²) in [6, 6.07) is 0. The third kappa shape index (κ3) is 12.7. The minimum atomic E-state index is 0.968. The minimum absolute atomic E-state index is 0.968. The van der Waals surface area contributed by atoms with E-state index < -0.39 is 0 Å². The highest BCUT2D eigenvalue weighted by molar-refractivity contribution is 5.12. The van der Waals surface area contributed by atoms with Crippen molar-refractivity contribution in [2.45, 2.75) is 32.6 Å². The van der Waals surface area contributed by atoms with Crippen LogP contribution in [0.1, 0.15) is 32.6 Å². The standard InChI is InChI=1S/C15H22/c1-3-5-7-9-11-13-15-14-12-10-8-6-4-2/h3,5,7,10-15H,1,4,6,8-9H2,2H3/b7-5+,12-10+,13-11+,15-14+. The number of rotatable bonds is 8. The molecule has 0 heteroatoms. The Morgan fingerprint density at radius 2 is 1.53 bits per heavy atom. The van der Waals surface area contributed by atoms with Crippen LogP contribution in [-0.2, 0) is 0 Å². The summed E-state index contributed by atoms with van der Waals surface area (Å²) >= 11 is 0. The van der Waals surface area contributed by atoms with Crippen molar-refractivity contribution in [2.75, 3.05) is 0 Å². The number of hydrogen-bond acceptors (Lipinski definition) is 0. The third-order valence-electron chi connectivity index (χ3n) is 1.87. The van der Waals surface area contributed by atoms with Gasteiger partial charge in [-0.1, -0.05) is 81.0 Å². The van der Waals surface area contributed by atoms with Gasteiger partial charge < -0.3 is 0 Å². The maximum Gasteiger partial charge on any atom is -0.0163 e. The molecule has 0 N–H and O–H groups in total. The van der Waals surface area contributed by atoms with Crippen molar-refractivity contribution in [3.05, 3.63) is 61.3 Å². The first-order valence-electron chi connectivity index (χ1n) is 5.67. The van der Waals surface area contributed by atoms with Crippen LogP contribution in [0.3, 0.4) is 0 Å². The molecular formula is C15H22. The van der Waals surface area contributed by atoms with Gasteiger partial charge in [-0.2, -0.15) is 0 Å². The van der Waals surface area contributed by atoms with Crippen LogP contribution in [0.15, 0.2) is 61.3 Å². The van der Waals surface area contributed by atoms with Crippen molar-refractivity contribution >= 4 is 0 Å². The van der Waals surface area contributed by atoms with Gasteiger partial charge in [-0.15, -0.1) is 0 Å². The Labute approximate surface area is 94.4 Å². The van der Waals surface area contributed by atoms with Crippen molar-refractivity contribution < 1.29 is 0 Å². The Morgan fingerprint density at radius 3 is 2.20 bits per heavy atom. The normalized spacial score (nSPS) is 12.6. The Morgan fingerprint density at radius 1 is 0.867 bits per heavy atom. The average molecular weight is 202 g/mol. The largest absolute Gasteiger partial charge is 0.0991 e. The first kappa shape index (κ1) is 13.7. The second-order valence-electron chi connectivity index (χ2n) is 3.28. The Hall–Kier alpha value is -1.30. The summed E-state index contributed by atoms with van der Waals surface area (Å²) in [5.41, 5.74) is 0. The topological polar surface area (TPSA) is 0 Å². The molecule has 0 aliphatic rings. The van der Waals surface area contributed by atoms with Crippen LogP contribution in [-0.4, -0.2) is 0 Å². The van der Waals surface area contributed by atoms with Gasteiger partial charge in [-0.05, 0) is 12.8 Å². The van der Waals surface area contributed by atoms with E-state index in [0.717, 1.165) is 6.42 Å². The zero-order valence-electron chi connectivity index (χ0n) is 9.73. The van der Waals surface area contributed by atoms with E-state index in [-0.39, 0.29) is 0 Å². The van der Waals surface area contributed by atoms with Gasteiger partial charge in [0.25, 0.3) is 0 Å². The van der Waals surface area contributed by atoms with Gasteiger partial charge in [0.15, 0.2) is 0 Å². The van der Waals surface area contributed by atoms with Crippen LogP contribution in [0.25, 0.3) is 0 Å². The molecule has 0 spiro atoms. The molecule has 0 unspecified atom stereocenters. The van der Waals surface area contributed by atoms with Crippen LogP contribution < -0.4 is 0 Å². The molecule has 0 aromatic carbocycles. The molecule has 0 aromatic rings. The first-order chi connectivity index (χ1) is 7.41. The van der Waals surface area contributed by atoms with Crippen LogP contribution in [0, 0.1) is 0 Å². The van der Waals surface area contributed by atoms with Gasteiger partial charge in [0.2, 0.25) is 0 Å². The van der Waals surface area contributed by atoms with E-state index in [4.69, 9.17) is 0 Å². The fourth-order valence-electron chi connectivity index (χ4n) is 1.04. The molecule has 0 nitrogen and oxygen atoms in total. The maximum absolute atomic E-state index is 3.61. The van der Waals surface area contributed by atoms with Crippen molar-refractivity contribution in [3.8, 4) is 0 Å². The lowest BCUT2D eigenvalue weighted by molar-refractivity contribution is 0.815. The van der Waals surface area contributed by atoms with Gasteiger partial charge in [-0.3, -0.25) is 0 Å². The lowest BCUT2D eigenvalue weighted by Gasteiger charge is -1.85. The molecule has 0 rings (SSSR count). The summed E-state index contributed by atoms with van der Waals surface area (Å²) in [4.78, 5) is 0. The Balaban J connectivity index is 3.48. The summed E-state index contributed by atoms with van der Waals surface area (Å²) in [6.45, 7) is 5.82. The molecule has 0 aliphatic heterocycles. The molecule has 15 heavy (non-hydrogen) atoms. The molecule has 0 bridgehead atoms. The quantitative estimate of drug-likeness (QED) is 0.385. The number of hydrogen-bond donors (Lipinski definition) is 0. The molecule has 0 radical (unpaired) electrons. The Bertz CT molecular complexity index is 239. The summed E-state index contributed by atoms with van der Waals surface area (Å²) < 4.78 is 0. The maximum atomic E-state index is 3.61. The second kappa shape index (κ2) is 12.7. The summed E-state index contributed by atoms with van der Waals surface area (Å²) in [7, 11) is 0. The van der Waals surface area contributed by atoms with Crippen LogP contribution in [0.4, 0.5) is 0 Å². The monoisotopic (exact) mass is 202 g/mol. The number of unbranched alkanes of at least 4 members (excludes halogenated alkanes) is 2. The minimum Gasteiger partial charge on any atom is -0.0991 e. The van der Waals surface area contributed by atoms with E-state index in [2.05, 4.69) is 56.0 Å². The number of allylic oxidation sites excluding steroid dienone is 9. The first-order valence-corrected chi connectivity index (χ1v) is 5.67. The summed E-state index contributed by atoms with van der Waals surface area (Å²) in [5.74, 6) is 0. The molecule has 82 valence electrons. The zero-order valence-corrected chi connectivity index (χ0v) is 9.73. The molecule has 0 fully saturated rings. The molecule has 0 atom stereocenters. The predicted octanol–water partition coefficient (Wildman–Crippen LogP) is 4.98. The van der Waals surface area contributed by atoms with Gasteiger partial charge in [0.05, 0.1) is 0 Å². The Kier molecular flexibility index (Phi) is 11.6. The average Bonchev–Trinajstić information content (AvgIpc) is 2.26. The van der Waals surface area contributed by atoms with Crippen molar-refractivity contribution in [3.63, 3.8) is 0 Å². The van der Waals surface area contributed by atoms with Crippen LogP contribution in [0.2, 0.25) is 0 Å². The smallest absolute Gasteiger partial charge is 0.0163 e. The second-order valence-corrected chi connectivity index (χ2v) is 3.28. The molecule has 0 amide bonds. The van der Waals surface area contributed by atoms with E-state index >= 15 is 0 Å². The summed E-state index contributed by atoms with van der Waals surface area (Å²) in [6.07, 6.45) is 23.2. The molecule has 0 aromatic heterocycles. The van der Waals surface area contributed by atoms with Crippen LogP contribution in [0.5, 0.6) is 0 Å². The molecule has 0 saturated carbocycles. The predicted molar refractivity (Wildman–Crippen MR) is 70.9 cm³/mol. The zero-order chi connectivity index (χ0) is 11.2. The SMILES string of the molecule is C=C/C=C/C/C=C/C=C/C=C/CCCC. The highest BCUT2D eigenvalue weighted by Crippen LogP contribution is 1.95. The fraction of sp³-hybridized carbons (Fsp3) is 0.333. The third-order valence-corrected chi connectivity index (χ3v) is 1.87.